The van der Waals surface area contributed by atoms with Crippen LogP contribution >= 0.6 is 0 Å². The van der Waals surface area contributed by atoms with Gasteiger partial charge in [0.15, 0.2) is 0 Å². The third kappa shape index (κ3) is 3.31. The Morgan fingerprint density at radius 1 is 1.43 bits per heavy atom. The summed E-state index contributed by atoms with van der Waals surface area (Å²) < 4.78 is 38.5. The zero-order valence-electron chi connectivity index (χ0n) is 11.9. The normalized spacial score (nSPS) is 18.2. The van der Waals surface area contributed by atoms with Gasteiger partial charge in [-0.1, -0.05) is 0 Å². The molecule has 1 atom stereocenters. The first kappa shape index (κ1) is 15.7. The topological polar surface area (TPSA) is 40.5 Å². The lowest BCUT2D eigenvalue weighted by Crippen LogP contribution is -2.29. The second-order valence-corrected chi connectivity index (χ2v) is 5.65. The van der Waals surface area contributed by atoms with Crippen LogP contribution in [0.5, 0.6) is 0 Å². The van der Waals surface area contributed by atoms with Crippen molar-refractivity contribution >= 4 is 11.7 Å². The predicted molar refractivity (Wildman–Crippen MR) is 73.5 cm³/mol. The lowest BCUT2D eigenvalue weighted by molar-refractivity contribution is -0.138. The molecule has 0 bridgehead atoms. The molecule has 1 aromatic carbocycles. The fourth-order valence-corrected chi connectivity index (χ4v) is 2.79. The van der Waals surface area contributed by atoms with Gasteiger partial charge in [-0.3, -0.25) is 4.79 Å². The molecule has 1 aliphatic heterocycles. The standard InChI is InChI=1S/C15H18F3NO2/c1-9(2)19-8-10(3-6-14(20)21)12-7-11(15(16,17)18)4-5-13(12)19/h4-5,7,9-10H,3,6,8H2,1-2H3,(H,20,21). The molecule has 0 amide bonds. The highest BCUT2D eigenvalue weighted by Gasteiger charge is 2.35. The van der Waals surface area contributed by atoms with E-state index < -0.39 is 17.7 Å². The smallest absolute Gasteiger partial charge is 0.416 e. The Kier molecular flexibility index (Phi) is 4.16. The molecule has 1 aromatic rings. The fourth-order valence-electron chi connectivity index (χ4n) is 2.79. The van der Waals surface area contributed by atoms with Crippen molar-refractivity contribution in [2.45, 2.75) is 44.8 Å². The van der Waals surface area contributed by atoms with Crippen LogP contribution in [0.1, 0.15) is 43.7 Å². The van der Waals surface area contributed by atoms with Crippen molar-refractivity contribution in [1.82, 2.24) is 0 Å². The van der Waals surface area contributed by atoms with Gasteiger partial charge in [0.25, 0.3) is 0 Å². The Bertz CT molecular complexity index is 540. The molecule has 0 radical (unpaired) electrons. The van der Waals surface area contributed by atoms with Crippen LogP contribution in [0.2, 0.25) is 0 Å². The number of anilines is 1. The average Bonchev–Trinajstić information content (AvgIpc) is 2.73. The molecule has 3 nitrogen and oxygen atoms in total. The van der Waals surface area contributed by atoms with Crippen LogP contribution in [0, 0.1) is 0 Å². The summed E-state index contributed by atoms with van der Waals surface area (Å²) in [4.78, 5) is 12.7. The minimum Gasteiger partial charge on any atom is -0.481 e. The van der Waals surface area contributed by atoms with E-state index in [9.17, 15) is 18.0 Å². The van der Waals surface area contributed by atoms with E-state index in [1.54, 1.807) is 0 Å². The van der Waals surface area contributed by atoms with Gasteiger partial charge < -0.3 is 10.0 Å². The summed E-state index contributed by atoms with van der Waals surface area (Å²) in [5, 5.41) is 8.79. The highest BCUT2D eigenvalue weighted by atomic mass is 19.4. The number of fused-ring (bicyclic) bond motifs is 1. The molecule has 116 valence electrons. The van der Waals surface area contributed by atoms with Crippen molar-refractivity contribution in [1.29, 1.82) is 0 Å². The fraction of sp³-hybridized carbons (Fsp3) is 0.533. The van der Waals surface area contributed by atoms with E-state index in [0.29, 0.717) is 18.5 Å². The van der Waals surface area contributed by atoms with E-state index in [1.165, 1.54) is 12.1 Å². The van der Waals surface area contributed by atoms with Gasteiger partial charge in [-0.05, 0) is 44.0 Å². The maximum atomic E-state index is 12.8. The molecule has 21 heavy (non-hydrogen) atoms. The summed E-state index contributed by atoms with van der Waals surface area (Å²) in [6.45, 7) is 4.52. The lowest BCUT2D eigenvalue weighted by atomic mass is 9.95. The number of nitrogens with zero attached hydrogens (tertiary/aromatic N) is 1. The Morgan fingerprint density at radius 3 is 2.62 bits per heavy atom. The number of aliphatic carboxylic acids is 1. The van der Waals surface area contributed by atoms with Gasteiger partial charge in [0.1, 0.15) is 0 Å². The zero-order valence-corrected chi connectivity index (χ0v) is 11.9. The molecule has 0 aliphatic carbocycles. The summed E-state index contributed by atoms with van der Waals surface area (Å²) in [6.07, 6.45) is -4.06. The van der Waals surface area contributed by atoms with Crippen molar-refractivity contribution < 1.29 is 23.1 Å². The summed E-state index contributed by atoms with van der Waals surface area (Å²) in [5.74, 6) is -1.09. The van der Waals surface area contributed by atoms with Crippen LogP contribution < -0.4 is 4.90 Å². The summed E-state index contributed by atoms with van der Waals surface area (Å²) in [7, 11) is 0. The van der Waals surface area contributed by atoms with E-state index in [4.69, 9.17) is 5.11 Å². The van der Waals surface area contributed by atoms with Crippen molar-refractivity contribution in [3.63, 3.8) is 0 Å². The third-order valence-electron chi connectivity index (χ3n) is 3.85. The lowest BCUT2D eigenvalue weighted by Gasteiger charge is -2.24. The Balaban J connectivity index is 2.36. The molecular weight excluding hydrogens is 283 g/mol. The first-order valence-corrected chi connectivity index (χ1v) is 6.89. The van der Waals surface area contributed by atoms with Gasteiger partial charge in [-0.2, -0.15) is 13.2 Å². The van der Waals surface area contributed by atoms with Crippen LogP contribution in [-0.4, -0.2) is 23.7 Å². The SMILES string of the molecule is CC(C)N1CC(CCC(=O)O)c2cc(C(F)(F)F)ccc21. The van der Waals surface area contributed by atoms with Crippen LogP contribution in [0.3, 0.4) is 0 Å². The van der Waals surface area contributed by atoms with Crippen LogP contribution in [0.15, 0.2) is 18.2 Å². The number of halogens is 3. The van der Waals surface area contributed by atoms with E-state index in [1.807, 2.05) is 18.7 Å². The number of hydrogen-bond donors (Lipinski definition) is 1. The maximum Gasteiger partial charge on any atom is 0.416 e. The van der Waals surface area contributed by atoms with E-state index in [0.717, 1.165) is 11.8 Å². The summed E-state index contributed by atoms with van der Waals surface area (Å²) >= 11 is 0. The van der Waals surface area contributed by atoms with Crippen molar-refractivity contribution in [2.75, 3.05) is 11.4 Å². The van der Waals surface area contributed by atoms with E-state index in [2.05, 4.69) is 0 Å². The number of carbonyl (C=O) groups is 1. The first-order valence-electron chi connectivity index (χ1n) is 6.89. The number of benzene rings is 1. The molecule has 0 aromatic heterocycles. The molecule has 0 saturated heterocycles. The molecule has 2 rings (SSSR count). The monoisotopic (exact) mass is 301 g/mol. The van der Waals surface area contributed by atoms with Gasteiger partial charge in [0, 0.05) is 30.6 Å². The second-order valence-electron chi connectivity index (χ2n) is 5.65. The Hall–Kier alpha value is -1.72. The number of hydrogen-bond acceptors (Lipinski definition) is 2. The predicted octanol–water partition coefficient (Wildman–Crippen LogP) is 3.88. The average molecular weight is 301 g/mol. The molecule has 1 heterocycles. The van der Waals surface area contributed by atoms with Crippen molar-refractivity contribution in [3.8, 4) is 0 Å². The number of rotatable bonds is 4. The molecule has 0 spiro atoms. The van der Waals surface area contributed by atoms with Gasteiger partial charge in [-0.25, -0.2) is 0 Å². The molecule has 1 N–H and O–H groups in total. The Morgan fingerprint density at radius 2 is 2.10 bits per heavy atom. The minimum atomic E-state index is -4.38. The van der Waals surface area contributed by atoms with Crippen LogP contribution in [0.4, 0.5) is 18.9 Å². The highest BCUT2D eigenvalue weighted by Crippen LogP contribution is 2.42. The quantitative estimate of drug-likeness (QED) is 0.917. The van der Waals surface area contributed by atoms with Gasteiger partial charge >= 0.3 is 12.1 Å². The molecular formula is C15H18F3NO2. The van der Waals surface area contributed by atoms with Crippen LogP contribution in [-0.2, 0) is 11.0 Å². The third-order valence-corrected chi connectivity index (χ3v) is 3.85. The van der Waals surface area contributed by atoms with E-state index >= 15 is 0 Å². The number of carboxylic acids is 1. The molecule has 1 unspecified atom stereocenters. The van der Waals surface area contributed by atoms with Crippen LogP contribution in [0.25, 0.3) is 0 Å². The number of alkyl halides is 3. The highest BCUT2D eigenvalue weighted by molar-refractivity contribution is 5.67. The molecule has 6 heteroatoms. The largest absolute Gasteiger partial charge is 0.481 e. The second kappa shape index (κ2) is 5.58. The first-order chi connectivity index (χ1) is 9.70. The minimum absolute atomic E-state index is 0.0354. The Labute approximate surface area is 121 Å². The molecule has 0 fully saturated rings. The summed E-state index contributed by atoms with van der Waals surface area (Å²) in [5.41, 5.74) is 0.723. The molecule has 1 aliphatic rings. The summed E-state index contributed by atoms with van der Waals surface area (Å²) in [6, 6.07) is 3.92. The zero-order chi connectivity index (χ0) is 15.8. The maximum absolute atomic E-state index is 12.8. The van der Waals surface area contributed by atoms with Gasteiger partial charge in [-0.15, -0.1) is 0 Å². The van der Waals surface area contributed by atoms with Crippen molar-refractivity contribution in [2.24, 2.45) is 0 Å². The van der Waals surface area contributed by atoms with E-state index in [-0.39, 0.29) is 18.4 Å². The van der Waals surface area contributed by atoms with Gasteiger partial charge in [0.05, 0.1) is 5.56 Å². The number of carboxylic acid groups (broad SMARTS) is 1. The van der Waals surface area contributed by atoms with Gasteiger partial charge in [0.2, 0.25) is 0 Å². The molecule has 0 saturated carbocycles. The van der Waals surface area contributed by atoms with Crippen molar-refractivity contribution in [3.05, 3.63) is 29.3 Å².